The first-order valence-corrected chi connectivity index (χ1v) is 7.05. The van der Waals surface area contributed by atoms with Crippen LogP contribution in [0.25, 0.3) is 0 Å². The summed E-state index contributed by atoms with van der Waals surface area (Å²) in [5.74, 6) is -1.11. The predicted octanol–water partition coefficient (Wildman–Crippen LogP) is 1.26. The van der Waals surface area contributed by atoms with Crippen molar-refractivity contribution in [2.45, 2.75) is 6.04 Å². The zero-order valence-electron chi connectivity index (χ0n) is 11.0. The number of ether oxygens (including phenoxy) is 1. The molecule has 1 aromatic carbocycles. The Morgan fingerprint density at radius 1 is 1.43 bits per heavy atom. The zero-order chi connectivity index (χ0) is 15.4. The van der Waals surface area contributed by atoms with Crippen LogP contribution >= 0.6 is 23.2 Å². The number of carbonyl (C=O) groups excluding carboxylic acids is 1. The van der Waals surface area contributed by atoms with E-state index in [4.69, 9.17) is 33.0 Å². The summed E-state index contributed by atoms with van der Waals surface area (Å²) in [5, 5.41) is 12.8. The van der Waals surface area contributed by atoms with Crippen LogP contribution in [-0.2, 0) is 9.59 Å². The van der Waals surface area contributed by atoms with Crippen LogP contribution in [0.15, 0.2) is 18.2 Å². The molecule has 0 unspecified atom stereocenters. The van der Waals surface area contributed by atoms with Crippen molar-refractivity contribution in [2.75, 3.05) is 26.2 Å². The molecule has 2 rings (SSSR count). The fourth-order valence-electron chi connectivity index (χ4n) is 2.04. The highest BCUT2D eigenvalue weighted by molar-refractivity contribution is 6.35. The third-order valence-corrected chi connectivity index (χ3v) is 3.62. The summed E-state index contributed by atoms with van der Waals surface area (Å²) in [6, 6.07) is 3.78. The molecule has 0 radical (unpaired) electrons. The van der Waals surface area contributed by atoms with E-state index in [0.29, 0.717) is 28.9 Å². The van der Waals surface area contributed by atoms with Crippen molar-refractivity contribution in [1.82, 2.24) is 10.2 Å². The number of nitrogens with one attached hydrogen (secondary N) is 1. The molecule has 1 fully saturated rings. The number of piperazine rings is 1. The molecule has 21 heavy (non-hydrogen) atoms. The van der Waals surface area contributed by atoms with Crippen LogP contribution in [0.3, 0.4) is 0 Å². The molecule has 0 aromatic heterocycles. The van der Waals surface area contributed by atoms with Crippen LogP contribution in [-0.4, -0.2) is 54.2 Å². The van der Waals surface area contributed by atoms with E-state index in [1.807, 2.05) is 0 Å². The Bertz CT molecular complexity index is 553. The van der Waals surface area contributed by atoms with Gasteiger partial charge < -0.3 is 20.1 Å². The summed E-state index contributed by atoms with van der Waals surface area (Å²) in [4.78, 5) is 24.5. The van der Waals surface area contributed by atoms with Crippen LogP contribution < -0.4 is 10.1 Å². The van der Waals surface area contributed by atoms with Crippen molar-refractivity contribution >= 4 is 35.1 Å². The van der Waals surface area contributed by atoms with E-state index in [2.05, 4.69) is 5.32 Å². The van der Waals surface area contributed by atoms with Crippen LogP contribution in [0.2, 0.25) is 10.0 Å². The van der Waals surface area contributed by atoms with Gasteiger partial charge in [-0.05, 0) is 18.2 Å². The number of nitrogens with zero attached hydrogens (tertiary/aromatic N) is 1. The smallest absolute Gasteiger partial charge is 0.327 e. The van der Waals surface area contributed by atoms with Gasteiger partial charge in [-0.25, -0.2) is 4.79 Å². The highest BCUT2D eigenvalue weighted by Crippen LogP contribution is 2.27. The summed E-state index contributed by atoms with van der Waals surface area (Å²) in [6.45, 7) is 0.832. The number of rotatable bonds is 4. The number of carboxylic acids is 1. The Kier molecular flexibility index (Phi) is 5.27. The third-order valence-electron chi connectivity index (χ3n) is 3.09. The van der Waals surface area contributed by atoms with Gasteiger partial charge in [-0.15, -0.1) is 0 Å². The summed E-state index contributed by atoms with van der Waals surface area (Å²) in [6.07, 6.45) is 0. The Labute approximate surface area is 131 Å². The molecule has 0 spiro atoms. The fourth-order valence-corrected chi connectivity index (χ4v) is 2.50. The minimum Gasteiger partial charge on any atom is -0.482 e. The topological polar surface area (TPSA) is 78.9 Å². The van der Waals surface area contributed by atoms with Crippen LogP contribution in [0.1, 0.15) is 0 Å². The van der Waals surface area contributed by atoms with Gasteiger partial charge in [0.2, 0.25) is 0 Å². The summed E-state index contributed by atoms with van der Waals surface area (Å²) < 4.78 is 5.34. The Hall–Kier alpha value is -1.50. The molecule has 2 N–H and O–H groups in total. The van der Waals surface area contributed by atoms with Gasteiger partial charge in [-0.2, -0.15) is 0 Å². The van der Waals surface area contributed by atoms with E-state index in [0.717, 1.165) is 0 Å². The van der Waals surface area contributed by atoms with Gasteiger partial charge in [0.1, 0.15) is 11.8 Å². The number of benzene rings is 1. The monoisotopic (exact) mass is 332 g/mol. The average Bonchev–Trinajstić information content (AvgIpc) is 2.46. The van der Waals surface area contributed by atoms with Crippen molar-refractivity contribution < 1.29 is 19.4 Å². The molecule has 1 atom stereocenters. The molecule has 1 saturated heterocycles. The average molecular weight is 333 g/mol. The summed E-state index contributed by atoms with van der Waals surface area (Å²) in [7, 11) is 0. The summed E-state index contributed by atoms with van der Waals surface area (Å²) in [5.41, 5.74) is 0. The first-order chi connectivity index (χ1) is 9.99. The number of hydrogen-bond donors (Lipinski definition) is 2. The maximum Gasteiger partial charge on any atom is 0.327 e. The van der Waals surface area contributed by atoms with Crippen molar-refractivity contribution in [2.24, 2.45) is 0 Å². The molecule has 6 nitrogen and oxygen atoms in total. The van der Waals surface area contributed by atoms with E-state index in [-0.39, 0.29) is 13.2 Å². The third kappa shape index (κ3) is 4.00. The normalized spacial score (nSPS) is 18.4. The van der Waals surface area contributed by atoms with Gasteiger partial charge in [0.05, 0.1) is 5.02 Å². The Morgan fingerprint density at radius 3 is 2.86 bits per heavy atom. The molecular formula is C13H14Cl2N2O4. The van der Waals surface area contributed by atoms with Gasteiger partial charge in [0, 0.05) is 24.7 Å². The van der Waals surface area contributed by atoms with Gasteiger partial charge in [-0.1, -0.05) is 23.2 Å². The fraction of sp³-hybridized carbons (Fsp3) is 0.385. The second-order valence-corrected chi connectivity index (χ2v) is 5.35. The van der Waals surface area contributed by atoms with Gasteiger partial charge >= 0.3 is 5.97 Å². The van der Waals surface area contributed by atoms with Gasteiger partial charge in [0.15, 0.2) is 6.61 Å². The molecule has 0 aliphatic carbocycles. The molecule has 0 bridgehead atoms. The molecule has 8 heteroatoms. The molecule has 1 amide bonds. The van der Waals surface area contributed by atoms with E-state index >= 15 is 0 Å². The van der Waals surface area contributed by atoms with Crippen molar-refractivity contribution in [1.29, 1.82) is 0 Å². The van der Waals surface area contributed by atoms with Gasteiger partial charge in [0.25, 0.3) is 5.91 Å². The zero-order valence-corrected chi connectivity index (χ0v) is 12.5. The number of hydrogen-bond acceptors (Lipinski definition) is 4. The molecule has 114 valence electrons. The number of carbonyl (C=O) groups is 2. The quantitative estimate of drug-likeness (QED) is 0.867. The van der Waals surface area contributed by atoms with Crippen molar-refractivity contribution in [3.05, 3.63) is 28.2 Å². The molecular weight excluding hydrogens is 319 g/mol. The number of aliphatic carboxylic acids is 1. The second kappa shape index (κ2) is 6.98. The second-order valence-electron chi connectivity index (χ2n) is 4.51. The van der Waals surface area contributed by atoms with Crippen LogP contribution in [0.4, 0.5) is 0 Å². The van der Waals surface area contributed by atoms with Crippen LogP contribution in [0, 0.1) is 0 Å². The molecule has 1 aliphatic heterocycles. The minimum atomic E-state index is -1.04. The maximum atomic E-state index is 12.1. The number of amides is 1. The number of carboxylic acid groups (broad SMARTS) is 1. The lowest BCUT2D eigenvalue weighted by Gasteiger charge is -2.33. The standard InChI is InChI=1S/C13H14Cl2N2O4/c14-8-1-2-11(9(15)5-8)21-7-12(18)17-4-3-16-6-10(17)13(19)20/h1-2,5,10,16H,3-4,6-7H2,(H,19,20)/t10-/m0/s1. The Morgan fingerprint density at radius 2 is 2.19 bits per heavy atom. The van der Waals surface area contributed by atoms with E-state index in [1.165, 1.54) is 11.0 Å². The molecule has 1 aromatic rings. The molecule has 0 saturated carbocycles. The maximum absolute atomic E-state index is 12.1. The summed E-state index contributed by atoms with van der Waals surface area (Å²) >= 11 is 11.7. The van der Waals surface area contributed by atoms with E-state index < -0.39 is 17.9 Å². The highest BCUT2D eigenvalue weighted by Gasteiger charge is 2.31. The van der Waals surface area contributed by atoms with Crippen molar-refractivity contribution in [3.63, 3.8) is 0 Å². The number of halogens is 2. The Balaban J connectivity index is 1.98. The van der Waals surface area contributed by atoms with Crippen LogP contribution in [0.5, 0.6) is 5.75 Å². The lowest BCUT2D eigenvalue weighted by Crippen LogP contribution is -2.57. The highest BCUT2D eigenvalue weighted by atomic mass is 35.5. The van der Waals surface area contributed by atoms with E-state index in [9.17, 15) is 9.59 Å². The molecule has 1 heterocycles. The lowest BCUT2D eigenvalue weighted by atomic mass is 10.2. The largest absolute Gasteiger partial charge is 0.482 e. The van der Waals surface area contributed by atoms with Gasteiger partial charge in [-0.3, -0.25) is 4.79 Å². The molecule has 1 aliphatic rings. The van der Waals surface area contributed by atoms with E-state index in [1.54, 1.807) is 12.1 Å². The SMILES string of the molecule is O=C(O)[C@@H]1CNCCN1C(=O)COc1ccc(Cl)cc1Cl. The predicted molar refractivity (Wildman–Crippen MR) is 78.0 cm³/mol. The first-order valence-electron chi connectivity index (χ1n) is 6.30. The van der Waals surface area contributed by atoms with Crippen molar-refractivity contribution in [3.8, 4) is 5.75 Å². The minimum absolute atomic E-state index is 0.225. The first kappa shape index (κ1) is 15.9. The lowest BCUT2D eigenvalue weighted by molar-refractivity contribution is -0.152.